The third-order valence-corrected chi connectivity index (χ3v) is 6.30. The van der Waals surface area contributed by atoms with E-state index in [-0.39, 0.29) is 23.2 Å². The molecule has 1 amide bonds. The lowest BCUT2D eigenvalue weighted by molar-refractivity contribution is -0.112. The van der Waals surface area contributed by atoms with Crippen molar-refractivity contribution in [3.05, 3.63) is 53.1 Å². The second kappa shape index (κ2) is 8.18. The molecule has 1 aliphatic rings. The Morgan fingerprint density at radius 1 is 1.33 bits per heavy atom. The minimum atomic E-state index is -3.92. The van der Waals surface area contributed by atoms with Crippen LogP contribution in [0.15, 0.2) is 40.9 Å². The first-order valence-corrected chi connectivity index (χ1v) is 10.0. The fourth-order valence-corrected chi connectivity index (χ4v) is 4.11. The number of benzene rings is 1. The number of ether oxygens (including phenoxy) is 1. The summed E-state index contributed by atoms with van der Waals surface area (Å²) in [5.74, 6) is -4.52. The lowest BCUT2D eigenvalue weighted by Gasteiger charge is -2.34. The van der Waals surface area contributed by atoms with E-state index in [1.165, 1.54) is 27.2 Å². The molecule has 1 aromatic carbocycles. The molecule has 1 aromatic rings. The average Bonchev–Trinajstić information content (AvgIpc) is 2.65. The second-order valence-corrected chi connectivity index (χ2v) is 8.64. The quantitative estimate of drug-likeness (QED) is 0.282. The van der Waals surface area contributed by atoms with Crippen molar-refractivity contribution >= 4 is 27.6 Å². The summed E-state index contributed by atoms with van der Waals surface area (Å²) in [6.45, 7) is 1.29. The van der Waals surface area contributed by atoms with Crippen molar-refractivity contribution in [1.82, 2.24) is 4.31 Å². The van der Waals surface area contributed by atoms with Gasteiger partial charge in [0, 0.05) is 24.4 Å². The van der Waals surface area contributed by atoms with E-state index >= 15 is 0 Å². The maximum atomic E-state index is 14.6. The van der Waals surface area contributed by atoms with E-state index in [0.29, 0.717) is 0 Å². The van der Waals surface area contributed by atoms with Crippen LogP contribution >= 0.6 is 0 Å². The number of carbonyl (C=O) groups excluding carboxylic acids is 1. The molecule has 2 rings (SSSR count). The fourth-order valence-electron chi connectivity index (χ4n) is 2.66. The van der Waals surface area contributed by atoms with Crippen LogP contribution in [0, 0.1) is 11.6 Å². The lowest BCUT2D eigenvalue weighted by Crippen LogP contribution is -2.50. The number of hydrogen-bond acceptors (Lipinski definition) is 8. The van der Waals surface area contributed by atoms with Gasteiger partial charge in [0.15, 0.2) is 17.5 Å². The van der Waals surface area contributed by atoms with Crippen LogP contribution in [0.3, 0.4) is 0 Å². The van der Waals surface area contributed by atoms with Crippen LogP contribution in [0.25, 0.3) is 0 Å². The molecule has 7 N–H and O–H groups in total. The molecule has 0 saturated carbocycles. The summed E-state index contributed by atoms with van der Waals surface area (Å²) in [5, 5.41) is 2.30. The van der Waals surface area contributed by atoms with Gasteiger partial charge in [0.25, 0.3) is 5.91 Å². The Labute approximate surface area is 172 Å². The third-order valence-electron chi connectivity index (χ3n) is 4.36. The smallest absolute Gasteiger partial charge is 0.271 e. The summed E-state index contributed by atoms with van der Waals surface area (Å²) in [6.07, 6.45) is 2.39. The normalized spacial score (nSPS) is 21.8. The van der Waals surface area contributed by atoms with Gasteiger partial charge in [-0.15, -0.1) is 0 Å². The Morgan fingerprint density at radius 2 is 1.97 bits per heavy atom. The molecule has 0 fully saturated rings. The summed E-state index contributed by atoms with van der Waals surface area (Å²) >= 11 is 0. The van der Waals surface area contributed by atoms with Gasteiger partial charge in [-0.3, -0.25) is 4.79 Å². The minimum Gasteiger partial charge on any atom is -0.483 e. The highest BCUT2D eigenvalue weighted by Gasteiger charge is 2.42. The first-order valence-electron chi connectivity index (χ1n) is 8.40. The van der Waals surface area contributed by atoms with Crippen LogP contribution < -0.4 is 22.5 Å². The summed E-state index contributed by atoms with van der Waals surface area (Å²) < 4.78 is 58.8. The van der Waals surface area contributed by atoms with Crippen LogP contribution in [-0.4, -0.2) is 44.5 Å². The van der Waals surface area contributed by atoms with Crippen molar-refractivity contribution in [2.45, 2.75) is 12.5 Å². The number of allylic oxidation sites excluding steroid dienone is 2. The first kappa shape index (κ1) is 22.9. The number of halogens is 2. The minimum absolute atomic E-state index is 0.00675. The van der Waals surface area contributed by atoms with Gasteiger partial charge in [0.05, 0.1) is 18.6 Å². The highest BCUT2D eigenvalue weighted by atomic mass is 32.2. The Morgan fingerprint density at radius 3 is 2.53 bits per heavy atom. The molecular formula is C17H22F2N6O4S. The van der Waals surface area contributed by atoms with Crippen molar-refractivity contribution < 1.29 is 26.7 Å². The number of aliphatic imine (C=N–C) groups is 1. The molecule has 1 heterocycles. The first-order chi connectivity index (χ1) is 13.8. The fraction of sp³-hybridized carbons (Fsp3) is 0.294. The van der Waals surface area contributed by atoms with Gasteiger partial charge in [-0.25, -0.2) is 26.5 Å². The van der Waals surface area contributed by atoms with Gasteiger partial charge in [-0.1, -0.05) is 0 Å². The van der Waals surface area contributed by atoms with Crippen molar-refractivity contribution in [1.29, 1.82) is 0 Å². The van der Waals surface area contributed by atoms with Gasteiger partial charge in [-0.05, 0) is 25.1 Å². The molecule has 30 heavy (non-hydrogen) atoms. The van der Waals surface area contributed by atoms with Crippen LogP contribution in [0.2, 0.25) is 0 Å². The van der Waals surface area contributed by atoms with E-state index in [9.17, 15) is 22.0 Å². The number of methoxy groups -OCH3 is 1. The number of nitrogens with two attached hydrogens (primary N) is 3. The molecule has 1 aliphatic heterocycles. The number of nitrogens with zero attached hydrogens (tertiary/aromatic N) is 2. The summed E-state index contributed by atoms with van der Waals surface area (Å²) in [5.41, 5.74) is 14.1. The molecule has 0 saturated heterocycles. The Kier molecular flexibility index (Phi) is 6.25. The summed E-state index contributed by atoms with van der Waals surface area (Å²) in [7, 11) is -1.41. The second-order valence-electron chi connectivity index (χ2n) is 6.64. The number of hydrogen-bond donors (Lipinski definition) is 4. The van der Waals surface area contributed by atoms with Crippen molar-refractivity contribution in [2.75, 3.05) is 25.2 Å². The molecule has 0 bridgehead atoms. The van der Waals surface area contributed by atoms with E-state index in [4.69, 9.17) is 21.9 Å². The molecule has 0 spiro atoms. The highest BCUT2D eigenvalue weighted by Crippen LogP contribution is 2.35. The zero-order valence-corrected chi connectivity index (χ0v) is 17.3. The number of anilines is 1. The van der Waals surface area contributed by atoms with Crippen LogP contribution in [0.5, 0.6) is 0 Å². The number of carbonyl (C=O) groups is 1. The predicted octanol–water partition coefficient (Wildman–Crippen LogP) is -0.00250. The topological polar surface area (TPSA) is 166 Å². The summed E-state index contributed by atoms with van der Waals surface area (Å²) in [4.78, 5) is 16.2. The van der Waals surface area contributed by atoms with E-state index in [0.717, 1.165) is 22.5 Å². The number of sulfonamides is 1. The molecule has 164 valence electrons. The molecule has 10 nitrogen and oxygen atoms in total. The average molecular weight is 444 g/mol. The van der Waals surface area contributed by atoms with Gasteiger partial charge in [0.2, 0.25) is 16.0 Å². The van der Waals surface area contributed by atoms with Gasteiger partial charge < -0.3 is 27.3 Å². The number of nitrogens with one attached hydrogen (secondary N) is 1. The number of guanidine groups is 1. The van der Waals surface area contributed by atoms with E-state index in [1.807, 2.05) is 0 Å². The van der Waals surface area contributed by atoms with Crippen molar-refractivity contribution in [3.63, 3.8) is 0 Å². The third kappa shape index (κ3) is 4.62. The predicted molar refractivity (Wildman–Crippen MR) is 107 cm³/mol. The maximum Gasteiger partial charge on any atom is 0.271 e. The summed E-state index contributed by atoms with van der Waals surface area (Å²) in [6, 6.07) is 1.80. The van der Waals surface area contributed by atoms with E-state index in [2.05, 4.69) is 10.3 Å². The monoisotopic (exact) mass is 444 g/mol. The Hall–Kier alpha value is -3.35. The van der Waals surface area contributed by atoms with Crippen molar-refractivity contribution in [2.24, 2.45) is 22.2 Å². The largest absolute Gasteiger partial charge is 0.483 e. The number of rotatable bonds is 5. The lowest BCUT2D eigenvalue weighted by atomic mass is 9.93. The van der Waals surface area contributed by atoms with Gasteiger partial charge in [-0.2, -0.15) is 0 Å². The molecule has 0 radical (unpaired) electrons. The molecule has 0 aromatic heterocycles. The molecule has 0 aliphatic carbocycles. The Balaban J connectivity index is 2.45. The SMILES string of the molecule is CO/C(N)=C/C=C(\N)C(=O)Nc1cc(F)c(F)c([C@]2(C)CS(=O)(=O)N(C)C(N)=N2)c1. The molecule has 13 heteroatoms. The van der Waals surface area contributed by atoms with Crippen molar-refractivity contribution in [3.8, 4) is 0 Å². The Bertz CT molecular complexity index is 1070. The van der Waals surface area contributed by atoms with Gasteiger partial charge in [0.1, 0.15) is 5.54 Å². The van der Waals surface area contributed by atoms with Crippen LogP contribution in [-0.2, 0) is 25.1 Å². The van der Waals surface area contributed by atoms with Crippen LogP contribution in [0.4, 0.5) is 14.5 Å². The number of amides is 1. The standard InChI is InChI=1S/C17H22F2N6O4S/c1-17(8-30(27,28)25(2)16(22)24-17)10-6-9(7-11(18)14(10)19)23-15(26)12(20)4-5-13(21)29-3/h4-7H,8,20-21H2,1-3H3,(H2,22,24)(H,23,26)/b12-4-,13-5+/t17-/m0/s1. The van der Waals surface area contributed by atoms with Crippen LogP contribution in [0.1, 0.15) is 12.5 Å². The van der Waals surface area contributed by atoms with E-state index in [1.54, 1.807) is 0 Å². The highest BCUT2D eigenvalue weighted by molar-refractivity contribution is 7.89. The molecule has 0 unspecified atom stereocenters. The zero-order valence-electron chi connectivity index (χ0n) is 16.4. The molecular weight excluding hydrogens is 422 g/mol. The maximum absolute atomic E-state index is 14.6. The van der Waals surface area contributed by atoms with Gasteiger partial charge >= 0.3 is 0 Å². The molecule has 1 atom stereocenters. The van der Waals surface area contributed by atoms with E-state index < -0.39 is 44.4 Å². The zero-order chi connectivity index (χ0) is 22.9.